The van der Waals surface area contributed by atoms with Gasteiger partial charge in [0.05, 0.1) is 58.6 Å². The number of likely N-dealkylation sites (tertiary alicyclic amines) is 1. The highest BCUT2D eigenvalue weighted by Crippen LogP contribution is 2.31. The summed E-state index contributed by atoms with van der Waals surface area (Å²) in [5.41, 5.74) is 5.55. The van der Waals surface area contributed by atoms with Crippen molar-refractivity contribution in [2.24, 2.45) is 0 Å². The number of esters is 1. The summed E-state index contributed by atoms with van der Waals surface area (Å²) in [6.07, 6.45) is 3.75. The smallest absolute Gasteiger partial charge is 0.337 e. The Labute approximate surface area is 271 Å². The lowest BCUT2D eigenvalue weighted by atomic mass is 9.93. The maximum Gasteiger partial charge on any atom is 0.337 e. The van der Waals surface area contributed by atoms with E-state index in [1.807, 2.05) is 48.1 Å². The van der Waals surface area contributed by atoms with Gasteiger partial charge in [-0.3, -0.25) is 9.88 Å². The molecule has 7 rings (SSSR count). The van der Waals surface area contributed by atoms with Crippen LogP contribution in [-0.4, -0.2) is 55.6 Å². The van der Waals surface area contributed by atoms with E-state index in [0.29, 0.717) is 40.2 Å². The molecule has 0 saturated carbocycles. The number of hydrogen-bond donors (Lipinski definition) is 0. The highest BCUT2D eigenvalue weighted by atomic mass is 32.1. The van der Waals surface area contributed by atoms with Gasteiger partial charge in [-0.15, -0.1) is 22.7 Å². The Morgan fingerprint density at radius 2 is 1.98 bits per heavy atom. The van der Waals surface area contributed by atoms with E-state index in [0.717, 1.165) is 53.4 Å². The summed E-state index contributed by atoms with van der Waals surface area (Å²) in [6.45, 7) is 3.25. The molecule has 6 aromatic rings. The van der Waals surface area contributed by atoms with E-state index >= 15 is 0 Å². The molecule has 232 valence electrons. The molecule has 0 spiro atoms. The van der Waals surface area contributed by atoms with Gasteiger partial charge in [0.25, 0.3) is 0 Å². The van der Waals surface area contributed by atoms with Crippen LogP contribution in [0.2, 0.25) is 0 Å². The molecule has 0 aliphatic carbocycles. The van der Waals surface area contributed by atoms with Crippen molar-refractivity contribution in [1.82, 2.24) is 29.4 Å². The first-order chi connectivity index (χ1) is 22.5. The van der Waals surface area contributed by atoms with Gasteiger partial charge in [-0.1, -0.05) is 6.07 Å². The van der Waals surface area contributed by atoms with Crippen molar-refractivity contribution < 1.29 is 18.7 Å². The molecule has 46 heavy (non-hydrogen) atoms. The number of nitrogens with zero attached hydrogens (tertiary/aromatic N) is 7. The van der Waals surface area contributed by atoms with Crippen molar-refractivity contribution in [3.63, 3.8) is 0 Å². The number of hydrogen-bond acceptors (Lipinski definition) is 11. The number of benzene rings is 2. The topological polar surface area (TPSA) is 119 Å². The van der Waals surface area contributed by atoms with Crippen LogP contribution < -0.4 is 4.74 Å². The van der Waals surface area contributed by atoms with Crippen LogP contribution in [0.5, 0.6) is 5.88 Å². The maximum atomic E-state index is 14.3. The molecule has 4 aromatic heterocycles. The molecule has 1 saturated heterocycles. The minimum Gasteiger partial charge on any atom is -0.470 e. The van der Waals surface area contributed by atoms with E-state index in [4.69, 9.17) is 24.7 Å². The number of imidazole rings is 1. The second-order valence-corrected chi connectivity index (χ2v) is 13.1. The Hall–Kier alpha value is -4.77. The Bertz CT molecular complexity index is 2080. The fourth-order valence-electron chi connectivity index (χ4n) is 5.81. The van der Waals surface area contributed by atoms with Crippen LogP contribution in [-0.2, 0) is 24.4 Å². The molecule has 0 N–H and O–H groups in total. The lowest BCUT2D eigenvalue weighted by Crippen LogP contribution is -2.33. The number of carbonyl (C=O) groups is 1. The van der Waals surface area contributed by atoms with Crippen molar-refractivity contribution in [3.8, 4) is 11.9 Å². The monoisotopic (exact) mass is 653 g/mol. The third-order valence-electron chi connectivity index (χ3n) is 8.13. The number of methoxy groups -OCH3 is 1. The van der Waals surface area contributed by atoms with Crippen LogP contribution in [0.4, 0.5) is 4.39 Å². The van der Waals surface area contributed by atoms with E-state index in [1.165, 1.54) is 24.5 Å². The number of nitriles is 1. The van der Waals surface area contributed by atoms with E-state index < -0.39 is 5.82 Å². The summed E-state index contributed by atoms with van der Waals surface area (Å²) in [6, 6.07) is 16.1. The summed E-state index contributed by atoms with van der Waals surface area (Å²) in [5, 5.41) is 9.74. The van der Waals surface area contributed by atoms with Gasteiger partial charge in [0.15, 0.2) is 5.82 Å². The van der Waals surface area contributed by atoms with Crippen molar-refractivity contribution in [2.45, 2.75) is 38.5 Å². The summed E-state index contributed by atoms with van der Waals surface area (Å²) >= 11 is 2.90. The summed E-state index contributed by atoms with van der Waals surface area (Å²) in [5.74, 6) is 0.852. The van der Waals surface area contributed by atoms with Gasteiger partial charge in [-0.05, 0) is 62.3 Å². The number of carbonyl (C=O) groups excluding carboxylic acids is 1. The van der Waals surface area contributed by atoms with Gasteiger partial charge in [-0.25, -0.2) is 24.1 Å². The average Bonchev–Trinajstić information content (AvgIpc) is 3.83. The number of aromatic nitrogens is 5. The van der Waals surface area contributed by atoms with Gasteiger partial charge >= 0.3 is 5.97 Å². The van der Waals surface area contributed by atoms with Gasteiger partial charge < -0.3 is 14.0 Å². The summed E-state index contributed by atoms with van der Waals surface area (Å²) in [7, 11) is 1.38. The second kappa shape index (κ2) is 12.9. The number of ether oxygens (including phenoxy) is 2. The van der Waals surface area contributed by atoms with Crippen LogP contribution in [0.1, 0.15) is 56.1 Å². The molecule has 0 radical (unpaired) electrons. The Balaban J connectivity index is 1.02. The lowest BCUT2D eigenvalue weighted by Gasteiger charge is -2.31. The average molecular weight is 654 g/mol. The molecule has 0 bridgehead atoms. The van der Waals surface area contributed by atoms with Crippen LogP contribution in [0.3, 0.4) is 0 Å². The first-order valence-corrected chi connectivity index (χ1v) is 16.4. The zero-order valence-electron chi connectivity index (χ0n) is 24.9. The van der Waals surface area contributed by atoms with E-state index in [2.05, 4.69) is 19.4 Å². The standard InChI is InChI=1S/C33H28FN7O3S2/c1-43-33(42)22-5-6-26-27(13-22)41(16-23-15-36-19-45-23)29(37-26)17-40-9-7-21(8-10-40)25-3-2-4-30(38-25)44-18-31-39-32-24(34)11-20(14-35)12-28(32)46-31/h2-6,11-13,15,19,21H,7-10,16-18H2,1H3. The van der Waals surface area contributed by atoms with Crippen LogP contribution in [0.15, 0.2) is 60.2 Å². The number of thiazole rings is 2. The number of pyridine rings is 1. The molecule has 1 aliphatic heterocycles. The predicted molar refractivity (Wildman–Crippen MR) is 172 cm³/mol. The zero-order valence-corrected chi connectivity index (χ0v) is 26.5. The maximum absolute atomic E-state index is 14.3. The molecule has 1 aliphatic rings. The molecule has 5 heterocycles. The molecular weight excluding hydrogens is 626 g/mol. The predicted octanol–water partition coefficient (Wildman–Crippen LogP) is 6.30. The van der Waals surface area contributed by atoms with Crippen molar-refractivity contribution in [2.75, 3.05) is 20.2 Å². The Morgan fingerprint density at radius 3 is 2.76 bits per heavy atom. The van der Waals surface area contributed by atoms with Gasteiger partial charge in [0.2, 0.25) is 5.88 Å². The molecule has 0 unspecified atom stereocenters. The summed E-state index contributed by atoms with van der Waals surface area (Å²) < 4.78 is 28.0. The van der Waals surface area contributed by atoms with Gasteiger partial charge in [-0.2, -0.15) is 5.26 Å². The first-order valence-electron chi connectivity index (χ1n) is 14.7. The SMILES string of the molecule is COC(=O)c1ccc2nc(CN3CCC(c4cccc(OCc5nc6c(F)cc(C#N)cc6s5)n4)CC3)n(Cc3cncs3)c2c1. The quantitative estimate of drug-likeness (QED) is 0.166. The minimum absolute atomic E-state index is 0.166. The van der Waals surface area contributed by atoms with E-state index in [1.54, 1.807) is 23.5 Å². The largest absolute Gasteiger partial charge is 0.470 e. The van der Waals surface area contributed by atoms with Crippen LogP contribution in [0, 0.1) is 17.1 Å². The minimum atomic E-state index is -0.507. The third-order valence-corrected chi connectivity index (χ3v) is 9.87. The summed E-state index contributed by atoms with van der Waals surface area (Å²) in [4.78, 5) is 34.1. The van der Waals surface area contributed by atoms with Crippen molar-refractivity contribution in [1.29, 1.82) is 5.26 Å². The lowest BCUT2D eigenvalue weighted by molar-refractivity contribution is 0.0601. The third kappa shape index (κ3) is 6.19. The van der Waals surface area contributed by atoms with E-state index in [9.17, 15) is 9.18 Å². The molecular formula is C33H28FN7O3S2. The fraction of sp³-hybridized carbons (Fsp3) is 0.273. The Morgan fingerprint density at radius 1 is 1.11 bits per heavy atom. The molecule has 0 amide bonds. The van der Waals surface area contributed by atoms with Gasteiger partial charge in [0.1, 0.15) is 23.0 Å². The zero-order chi connectivity index (χ0) is 31.6. The van der Waals surface area contributed by atoms with Crippen molar-refractivity contribution in [3.05, 3.63) is 98.6 Å². The number of rotatable bonds is 9. The molecule has 13 heteroatoms. The van der Waals surface area contributed by atoms with Crippen LogP contribution >= 0.6 is 22.7 Å². The molecule has 10 nitrogen and oxygen atoms in total. The second-order valence-electron chi connectivity index (χ2n) is 11.0. The van der Waals surface area contributed by atoms with E-state index in [-0.39, 0.29) is 23.7 Å². The molecule has 2 aromatic carbocycles. The molecule has 1 fully saturated rings. The highest BCUT2D eigenvalue weighted by molar-refractivity contribution is 7.18. The molecule has 0 atom stereocenters. The van der Waals surface area contributed by atoms with Crippen molar-refractivity contribution >= 4 is 49.9 Å². The van der Waals surface area contributed by atoms with Gasteiger partial charge in [0, 0.05) is 28.8 Å². The van der Waals surface area contributed by atoms with Crippen LogP contribution in [0.25, 0.3) is 21.3 Å². The normalized spacial score (nSPS) is 14.1. The highest BCUT2D eigenvalue weighted by Gasteiger charge is 2.24. The fourth-order valence-corrected chi connectivity index (χ4v) is 7.33. The number of halogens is 1. The number of fused-ring (bicyclic) bond motifs is 2. The number of piperidine rings is 1. The Kier molecular flexibility index (Phi) is 8.40. The first kappa shape index (κ1) is 29.9.